The Hall–Kier alpha value is -1.47. The summed E-state index contributed by atoms with van der Waals surface area (Å²) >= 11 is 0. The van der Waals surface area contributed by atoms with Gasteiger partial charge in [-0.15, -0.1) is 5.10 Å². The van der Waals surface area contributed by atoms with E-state index in [9.17, 15) is 15.0 Å². The number of rotatable bonds is 3. The molecule has 7 heteroatoms. The molecule has 1 aromatic rings. The van der Waals surface area contributed by atoms with Crippen LogP contribution in [0, 0.1) is 0 Å². The van der Waals surface area contributed by atoms with Gasteiger partial charge in [0.1, 0.15) is 0 Å². The van der Waals surface area contributed by atoms with Crippen LogP contribution in [0.5, 0.6) is 0 Å². The first-order valence-electron chi connectivity index (χ1n) is 5.15. The van der Waals surface area contributed by atoms with Crippen molar-refractivity contribution in [1.29, 1.82) is 0 Å². The molecule has 0 bridgehead atoms. The molecule has 1 aromatic heterocycles. The number of β-amino-alcohol motifs (C(OH)–C–C–N with tert-alkyl or cyclic N) is 2. The Balaban J connectivity index is 1.80. The van der Waals surface area contributed by atoms with Gasteiger partial charge in [-0.2, -0.15) is 0 Å². The first kappa shape index (κ1) is 11.0. The summed E-state index contributed by atoms with van der Waals surface area (Å²) in [6.45, 7) is 0.871. The van der Waals surface area contributed by atoms with E-state index in [-0.39, 0.29) is 19.0 Å². The SMILES string of the molecule is O=C(CCn1ccnn1)N1C[C@@H](O)[C@@H](O)C1. The van der Waals surface area contributed by atoms with Crippen molar-refractivity contribution in [1.82, 2.24) is 19.9 Å². The Morgan fingerprint density at radius 3 is 2.62 bits per heavy atom. The van der Waals surface area contributed by atoms with Crippen molar-refractivity contribution in [2.75, 3.05) is 13.1 Å². The first-order chi connectivity index (χ1) is 7.66. The van der Waals surface area contributed by atoms with Crippen LogP contribution in [0.2, 0.25) is 0 Å². The molecule has 1 saturated heterocycles. The van der Waals surface area contributed by atoms with E-state index in [0.29, 0.717) is 13.0 Å². The molecule has 7 nitrogen and oxygen atoms in total. The zero-order valence-corrected chi connectivity index (χ0v) is 8.73. The van der Waals surface area contributed by atoms with Crippen molar-refractivity contribution in [2.24, 2.45) is 0 Å². The van der Waals surface area contributed by atoms with Crippen LogP contribution in [-0.2, 0) is 11.3 Å². The first-order valence-corrected chi connectivity index (χ1v) is 5.15. The molecule has 1 aliphatic rings. The molecule has 0 saturated carbocycles. The van der Waals surface area contributed by atoms with Gasteiger partial charge in [-0.25, -0.2) is 0 Å². The minimum atomic E-state index is -0.824. The van der Waals surface area contributed by atoms with Gasteiger partial charge in [0.05, 0.1) is 24.9 Å². The van der Waals surface area contributed by atoms with E-state index in [1.807, 2.05) is 0 Å². The normalized spacial score (nSPS) is 25.0. The van der Waals surface area contributed by atoms with Crippen molar-refractivity contribution >= 4 is 5.91 Å². The number of nitrogens with zero attached hydrogens (tertiary/aromatic N) is 4. The summed E-state index contributed by atoms with van der Waals surface area (Å²) in [7, 11) is 0. The lowest BCUT2D eigenvalue weighted by molar-refractivity contribution is -0.131. The van der Waals surface area contributed by atoms with Gasteiger partial charge in [0.2, 0.25) is 5.91 Å². The average molecular weight is 226 g/mol. The van der Waals surface area contributed by atoms with Crippen LogP contribution in [0.3, 0.4) is 0 Å². The maximum atomic E-state index is 11.7. The van der Waals surface area contributed by atoms with E-state index >= 15 is 0 Å². The van der Waals surface area contributed by atoms with Crippen LogP contribution < -0.4 is 0 Å². The van der Waals surface area contributed by atoms with Crippen LogP contribution >= 0.6 is 0 Å². The van der Waals surface area contributed by atoms with Crippen LogP contribution in [0.25, 0.3) is 0 Å². The highest BCUT2D eigenvalue weighted by Gasteiger charge is 2.32. The maximum Gasteiger partial charge on any atom is 0.224 e. The number of hydrogen-bond donors (Lipinski definition) is 2. The smallest absolute Gasteiger partial charge is 0.224 e. The largest absolute Gasteiger partial charge is 0.388 e. The van der Waals surface area contributed by atoms with Crippen LogP contribution in [0.1, 0.15) is 6.42 Å². The summed E-state index contributed by atoms with van der Waals surface area (Å²) in [6, 6.07) is 0. The van der Waals surface area contributed by atoms with Crippen LogP contribution in [0.15, 0.2) is 12.4 Å². The predicted molar refractivity (Wildman–Crippen MR) is 53.2 cm³/mol. The lowest BCUT2D eigenvalue weighted by Crippen LogP contribution is -2.30. The van der Waals surface area contributed by atoms with Crippen molar-refractivity contribution in [3.05, 3.63) is 12.4 Å². The quantitative estimate of drug-likeness (QED) is 0.636. The molecule has 2 heterocycles. The third kappa shape index (κ3) is 2.37. The predicted octanol–water partition coefficient (Wildman–Crippen LogP) is -1.77. The van der Waals surface area contributed by atoms with Gasteiger partial charge in [-0.1, -0.05) is 5.21 Å². The topological polar surface area (TPSA) is 91.5 Å². The fraction of sp³-hybridized carbons (Fsp3) is 0.667. The maximum absolute atomic E-state index is 11.7. The molecule has 0 aliphatic carbocycles. The number of aliphatic hydroxyl groups excluding tert-OH is 2. The molecular weight excluding hydrogens is 212 g/mol. The van der Waals surface area contributed by atoms with Crippen molar-refractivity contribution < 1.29 is 15.0 Å². The molecule has 1 aliphatic heterocycles. The number of likely N-dealkylation sites (tertiary alicyclic amines) is 1. The lowest BCUT2D eigenvalue weighted by atomic mass is 10.3. The highest BCUT2D eigenvalue weighted by molar-refractivity contribution is 5.76. The summed E-state index contributed by atoms with van der Waals surface area (Å²) in [5.41, 5.74) is 0. The number of aryl methyl sites for hydroxylation is 1. The van der Waals surface area contributed by atoms with Crippen LogP contribution in [0.4, 0.5) is 0 Å². The van der Waals surface area contributed by atoms with Crippen LogP contribution in [-0.4, -0.2) is 61.3 Å². The number of carbonyl (C=O) groups excluding carboxylic acids is 1. The molecule has 2 atom stereocenters. The molecule has 1 fully saturated rings. The van der Waals surface area contributed by atoms with E-state index in [4.69, 9.17) is 0 Å². The Bertz CT molecular complexity index is 344. The Morgan fingerprint density at radius 2 is 2.06 bits per heavy atom. The molecule has 0 aromatic carbocycles. The second-order valence-corrected chi connectivity index (χ2v) is 3.85. The number of aromatic nitrogens is 3. The molecule has 0 unspecified atom stereocenters. The van der Waals surface area contributed by atoms with E-state index in [1.165, 1.54) is 4.90 Å². The summed E-state index contributed by atoms with van der Waals surface area (Å²) in [5, 5.41) is 26.0. The molecule has 2 rings (SSSR count). The molecule has 2 N–H and O–H groups in total. The van der Waals surface area contributed by atoms with Crippen molar-refractivity contribution in [2.45, 2.75) is 25.2 Å². The van der Waals surface area contributed by atoms with E-state index < -0.39 is 12.2 Å². The minimum Gasteiger partial charge on any atom is -0.388 e. The van der Waals surface area contributed by atoms with Gasteiger partial charge >= 0.3 is 0 Å². The van der Waals surface area contributed by atoms with Gasteiger partial charge < -0.3 is 15.1 Å². The zero-order chi connectivity index (χ0) is 11.5. The number of carbonyl (C=O) groups is 1. The highest BCUT2D eigenvalue weighted by atomic mass is 16.3. The lowest BCUT2D eigenvalue weighted by Gasteiger charge is -2.14. The molecule has 0 radical (unpaired) electrons. The second kappa shape index (κ2) is 4.58. The van der Waals surface area contributed by atoms with Gasteiger partial charge in [0, 0.05) is 25.7 Å². The Kier molecular flexibility index (Phi) is 3.16. The number of aliphatic hydroxyl groups is 2. The van der Waals surface area contributed by atoms with Gasteiger partial charge in [-0.3, -0.25) is 9.48 Å². The van der Waals surface area contributed by atoms with E-state index in [0.717, 1.165) is 0 Å². The monoisotopic (exact) mass is 226 g/mol. The second-order valence-electron chi connectivity index (χ2n) is 3.85. The molecule has 0 spiro atoms. The standard InChI is InChI=1S/C9H14N4O3/c14-7-5-12(6-8(7)15)9(16)1-3-13-4-2-10-11-13/h2,4,7-8,14-15H,1,3,5-6H2/t7-,8+. The Labute approximate surface area is 92.3 Å². The summed E-state index contributed by atoms with van der Waals surface area (Å²) < 4.78 is 1.57. The average Bonchev–Trinajstić information content (AvgIpc) is 2.86. The summed E-state index contributed by atoms with van der Waals surface area (Å²) in [4.78, 5) is 13.1. The van der Waals surface area contributed by atoms with Crippen molar-refractivity contribution in [3.63, 3.8) is 0 Å². The molecule has 88 valence electrons. The third-order valence-electron chi connectivity index (χ3n) is 2.64. The van der Waals surface area contributed by atoms with Gasteiger partial charge in [0.25, 0.3) is 0 Å². The van der Waals surface area contributed by atoms with E-state index in [1.54, 1.807) is 17.1 Å². The minimum absolute atomic E-state index is 0.0916. The fourth-order valence-electron chi connectivity index (χ4n) is 1.69. The Morgan fingerprint density at radius 1 is 1.38 bits per heavy atom. The summed E-state index contributed by atoms with van der Waals surface area (Å²) in [5.74, 6) is -0.0916. The molecule has 16 heavy (non-hydrogen) atoms. The summed E-state index contributed by atoms with van der Waals surface area (Å²) in [6.07, 6.45) is 1.88. The fourth-order valence-corrected chi connectivity index (χ4v) is 1.69. The third-order valence-corrected chi connectivity index (χ3v) is 2.64. The van der Waals surface area contributed by atoms with Gasteiger partial charge in [-0.05, 0) is 0 Å². The number of hydrogen-bond acceptors (Lipinski definition) is 5. The highest BCUT2D eigenvalue weighted by Crippen LogP contribution is 2.11. The van der Waals surface area contributed by atoms with Crippen molar-refractivity contribution in [3.8, 4) is 0 Å². The zero-order valence-electron chi connectivity index (χ0n) is 8.73. The molecular formula is C9H14N4O3. The number of amides is 1. The molecule has 1 amide bonds. The van der Waals surface area contributed by atoms with Gasteiger partial charge in [0.15, 0.2) is 0 Å². The van der Waals surface area contributed by atoms with E-state index in [2.05, 4.69) is 10.3 Å².